The van der Waals surface area contributed by atoms with Gasteiger partial charge in [-0.3, -0.25) is 0 Å². The molecule has 2 N–H and O–H groups in total. The summed E-state index contributed by atoms with van der Waals surface area (Å²) in [5.41, 5.74) is 0.457. The normalized spacial score (nSPS) is 33.6. The fourth-order valence-corrected chi connectivity index (χ4v) is 3.33. The van der Waals surface area contributed by atoms with E-state index in [0.29, 0.717) is 17.6 Å². The van der Waals surface area contributed by atoms with Crippen LogP contribution in [-0.4, -0.2) is 17.2 Å². The van der Waals surface area contributed by atoms with Gasteiger partial charge in [0.1, 0.15) is 5.82 Å². The maximum absolute atomic E-state index is 13.6. The molecule has 0 saturated carbocycles. The van der Waals surface area contributed by atoms with Crippen LogP contribution < -0.4 is 5.32 Å². The Balaban J connectivity index is 1.78. The number of benzene rings is 1. The molecule has 2 fully saturated rings. The summed E-state index contributed by atoms with van der Waals surface area (Å²) in [6.45, 7) is 0. The van der Waals surface area contributed by atoms with E-state index >= 15 is 0 Å². The van der Waals surface area contributed by atoms with Gasteiger partial charge in [0.15, 0.2) is 0 Å². The quantitative estimate of drug-likeness (QED) is 0.825. The molecule has 3 heteroatoms. The molecule has 2 heterocycles. The lowest BCUT2D eigenvalue weighted by atomic mass is 9.84. The Kier molecular flexibility index (Phi) is 2.89. The third-order valence-electron chi connectivity index (χ3n) is 4.18. The Hall–Kier alpha value is -0.930. The Morgan fingerprint density at radius 2 is 1.82 bits per heavy atom. The Labute approximate surface area is 101 Å². The first-order valence-electron chi connectivity index (χ1n) is 6.42. The molecule has 1 aromatic carbocycles. The zero-order valence-corrected chi connectivity index (χ0v) is 9.77. The number of nitrogens with one attached hydrogen (secondary N) is 1. The van der Waals surface area contributed by atoms with Crippen molar-refractivity contribution in [2.24, 2.45) is 5.92 Å². The first kappa shape index (κ1) is 11.2. The number of hydrogen-bond acceptors (Lipinski definition) is 2. The predicted molar refractivity (Wildman–Crippen MR) is 64.0 cm³/mol. The van der Waals surface area contributed by atoms with Gasteiger partial charge in [-0.05, 0) is 37.7 Å². The summed E-state index contributed by atoms with van der Waals surface area (Å²) in [7, 11) is 0. The molecule has 0 radical (unpaired) electrons. The minimum Gasteiger partial charge on any atom is -0.388 e. The van der Waals surface area contributed by atoms with E-state index in [0.717, 1.165) is 12.8 Å². The molecule has 0 spiro atoms. The van der Waals surface area contributed by atoms with E-state index < -0.39 is 6.10 Å². The Morgan fingerprint density at radius 1 is 1.18 bits per heavy atom. The maximum atomic E-state index is 13.6. The minimum absolute atomic E-state index is 0.200. The van der Waals surface area contributed by atoms with Crippen molar-refractivity contribution in [3.8, 4) is 0 Å². The fourth-order valence-electron chi connectivity index (χ4n) is 3.33. The SMILES string of the molecule is OC(c1ccccc1F)C1CC2CCC(C1)N2. The number of rotatable bonds is 2. The first-order chi connectivity index (χ1) is 8.24. The fraction of sp³-hybridized carbons (Fsp3) is 0.571. The molecule has 0 aliphatic carbocycles. The van der Waals surface area contributed by atoms with Gasteiger partial charge in [0.2, 0.25) is 0 Å². The van der Waals surface area contributed by atoms with Gasteiger partial charge in [0.25, 0.3) is 0 Å². The Bertz CT molecular complexity index is 397. The van der Waals surface area contributed by atoms with Crippen molar-refractivity contribution in [1.82, 2.24) is 5.32 Å². The van der Waals surface area contributed by atoms with E-state index in [1.807, 2.05) is 0 Å². The summed E-state index contributed by atoms with van der Waals surface area (Å²) in [5.74, 6) is -0.0865. The molecule has 2 nitrogen and oxygen atoms in total. The van der Waals surface area contributed by atoms with Crippen LogP contribution in [-0.2, 0) is 0 Å². The number of halogens is 1. The average molecular weight is 235 g/mol. The molecule has 2 aliphatic rings. The molecule has 92 valence electrons. The van der Waals surface area contributed by atoms with Crippen LogP contribution in [0.2, 0.25) is 0 Å². The molecule has 1 aromatic rings. The lowest BCUT2D eigenvalue weighted by Gasteiger charge is -2.32. The van der Waals surface area contributed by atoms with E-state index in [1.165, 1.54) is 18.9 Å². The minimum atomic E-state index is -0.651. The van der Waals surface area contributed by atoms with Crippen molar-refractivity contribution in [3.05, 3.63) is 35.6 Å². The van der Waals surface area contributed by atoms with Crippen molar-refractivity contribution in [2.45, 2.75) is 43.9 Å². The van der Waals surface area contributed by atoms with E-state index in [2.05, 4.69) is 5.32 Å². The van der Waals surface area contributed by atoms with E-state index in [4.69, 9.17) is 0 Å². The molecule has 3 rings (SSSR count). The van der Waals surface area contributed by atoms with Crippen molar-refractivity contribution in [3.63, 3.8) is 0 Å². The van der Waals surface area contributed by atoms with Crippen LogP contribution in [0.25, 0.3) is 0 Å². The number of fused-ring (bicyclic) bond motifs is 2. The number of aliphatic hydroxyl groups excluding tert-OH is 1. The molecule has 2 aliphatic heterocycles. The second kappa shape index (κ2) is 4.39. The molecule has 2 bridgehead atoms. The number of piperidine rings is 1. The highest BCUT2D eigenvalue weighted by Crippen LogP contribution is 2.38. The van der Waals surface area contributed by atoms with Gasteiger partial charge in [-0.1, -0.05) is 18.2 Å². The largest absolute Gasteiger partial charge is 0.388 e. The molecular formula is C14H18FNO. The van der Waals surface area contributed by atoms with Crippen molar-refractivity contribution < 1.29 is 9.50 Å². The molecule has 3 unspecified atom stereocenters. The smallest absolute Gasteiger partial charge is 0.129 e. The highest BCUT2D eigenvalue weighted by molar-refractivity contribution is 5.21. The van der Waals surface area contributed by atoms with Gasteiger partial charge in [-0.2, -0.15) is 0 Å². The Morgan fingerprint density at radius 3 is 2.47 bits per heavy atom. The standard InChI is InChI=1S/C14H18FNO/c15-13-4-2-1-3-12(13)14(17)9-7-10-5-6-11(8-9)16-10/h1-4,9-11,14,16-17H,5-8H2. The summed E-state index contributed by atoms with van der Waals surface area (Å²) < 4.78 is 13.6. The lowest BCUT2D eigenvalue weighted by Crippen LogP contribution is -2.39. The van der Waals surface area contributed by atoms with E-state index in [1.54, 1.807) is 18.2 Å². The molecule has 3 atom stereocenters. The van der Waals surface area contributed by atoms with Crippen molar-refractivity contribution >= 4 is 0 Å². The van der Waals surface area contributed by atoms with Crippen molar-refractivity contribution in [2.75, 3.05) is 0 Å². The molecule has 17 heavy (non-hydrogen) atoms. The summed E-state index contributed by atoms with van der Waals surface area (Å²) in [6, 6.07) is 7.63. The highest BCUT2D eigenvalue weighted by atomic mass is 19.1. The predicted octanol–water partition coefficient (Wildman–Crippen LogP) is 2.39. The number of aliphatic hydroxyl groups is 1. The average Bonchev–Trinajstić information content (AvgIpc) is 2.68. The van der Waals surface area contributed by atoms with Crippen molar-refractivity contribution in [1.29, 1.82) is 0 Å². The third-order valence-corrected chi connectivity index (χ3v) is 4.18. The lowest BCUT2D eigenvalue weighted by molar-refractivity contribution is 0.0730. The van der Waals surface area contributed by atoms with Gasteiger partial charge in [0.05, 0.1) is 6.10 Å². The van der Waals surface area contributed by atoms with Gasteiger partial charge < -0.3 is 10.4 Å². The van der Waals surface area contributed by atoms with Gasteiger partial charge in [-0.25, -0.2) is 4.39 Å². The molecule has 0 amide bonds. The second-order valence-corrected chi connectivity index (χ2v) is 5.34. The summed E-state index contributed by atoms with van der Waals surface area (Å²) in [6.07, 6.45) is 3.68. The maximum Gasteiger partial charge on any atom is 0.129 e. The van der Waals surface area contributed by atoms with Crippen LogP contribution in [0.5, 0.6) is 0 Å². The van der Waals surface area contributed by atoms with Crippen LogP contribution in [0.4, 0.5) is 4.39 Å². The van der Waals surface area contributed by atoms with Crippen LogP contribution in [0.1, 0.15) is 37.4 Å². The highest BCUT2D eigenvalue weighted by Gasteiger charge is 2.37. The van der Waals surface area contributed by atoms with Crippen LogP contribution >= 0.6 is 0 Å². The van der Waals surface area contributed by atoms with Crippen LogP contribution in [0.15, 0.2) is 24.3 Å². The molecule has 0 aromatic heterocycles. The van der Waals surface area contributed by atoms with Crippen LogP contribution in [0.3, 0.4) is 0 Å². The third kappa shape index (κ3) is 2.09. The van der Waals surface area contributed by atoms with Crippen LogP contribution in [0, 0.1) is 11.7 Å². The van der Waals surface area contributed by atoms with Gasteiger partial charge in [0, 0.05) is 17.6 Å². The monoisotopic (exact) mass is 235 g/mol. The topological polar surface area (TPSA) is 32.3 Å². The summed E-state index contributed by atoms with van der Waals surface area (Å²) >= 11 is 0. The second-order valence-electron chi connectivity index (χ2n) is 5.34. The van der Waals surface area contributed by atoms with E-state index in [-0.39, 0.29) is 11.7 Å². The van der Waals surface area contributed by atoms with Gasteiger partial charge >= 0.3 is 0 Å². The summed E-state index contributed by atoms with van der Waals surface area (Å²) in [4.78, 5) is 0. The zero-order valence-electron chi connectivity index (χ0n) is 9.77. The zero-order chi connectivity index (χ0) is 11.8. The molecule has 2 saturated heterocycles. The van der Waals surface area contributed by atoms with Gasteiger partial charge in [-0.15, -0.1) is 0 Å². The number of hydrogen-bond donors (Lipinski definition) is 2. The summed E-state index contributed by atoms with van der Waals surface area (Å²) in [5, 5.41) is 13.9. The molecular weight excluding hydrogens is 217 g/mol. The van der Waals surface area contributed by atoms with E-state index in [9.17, 15) is 9.50 Å². The first-order valence-corrected chi connectivity index (χ1v) is 6.42.